The molecule has 0 radical (unpaired) electrons. The van der Waals surface area contributed by atoms with Crippen LogP contribution < -0.4 is 5.56 Å². The average Bonchev–Trinajstić information content (AvgIpc) is 2.74. The molecule has 1 aliphatic rings. The molecule has 8 heteroatoms. The van der Waals surface area contributed by atoms with Crippen LogP contribution in [0.5, 0.6) is 0 Å². The van der Waals surface area contributed by atoms with Gasteiger partial charge in [0.15, 0.2) is 5.16 Å². The van der Waals surface area contributed by atoms with Gasteiger partial charge < -0.3 is 9.64 Å². The molecule has 29 heavy (non-hydrogen) atoms. The minimum absolute atomic E-state index is 0.0180. The number of benzene rings is 1. The van der Waals surface area contributed by atoms with E-state index < -0.39 is 5.25 Å². The maximum absolute atomic E-state index is 13.3. The topological polar surface area (TPSA) is 77.3 Å². The molecule has 2 aromatic heterocycles. The molecule has 3 heterocycles. The lowest BCUT2D eigenvalue weighted by atomic mass is 10.2. The van der Waals surface area contributed by atoms with Crippen molar-refractivity contribution < 1.29 is 9.53 Å². The molecular weight excluding hydrogens is 388 g/mol. The molecule has 1 unspecified atom stereocenters. The van der Waals surface area contributed by atoms with E-state index in [-0.39, 0.29) is 11.5 Å². The van der Waals surface area contributed by atoms with E-state index in [2.05, 4.69) is 4.98 Å². The predicted molar refractivity (Wildman–Crippen MR) is 113 cm³/mol. The number of carbonyl (C=O) groups is 1. The lowest BCUT2D eigenvalue weighted by molar-refractivity contribution is -0.134. The highest BCUT2D eigenvalue weighted by atomic mass is 32.2. The van der Waals surface area contributed by atoms with Gasteiger partial charge in [0.1, 0.15) is 5.82 Å². The zero-order valence-electron chi connectivity index (χ0n) is 16.4. The number of aromatic nitrogens is 3. The van der Waals surface area contributed by atoms with Gasteiger partial charge in [-0.15, -0.1) is 0 Å². The van der Waals surface area contributed by atoms with Crippen LogP contribution in [-0.2, 0) is 9.53 Å². The number of para-hydroxylation sites is 1. The van der Waals surface area contributed by atoms with Crippen LogP contribution in [0.2, 0.25) is 0 Å². The molecule has 0 spiro atoms. The average molecular weight is 410 g/mol. The van der Waals surface area contributed by atoms with Gasteiger partial charge in [-0.3, -0.25) is 9.59 Å². The Hall–Kier alpha value is -2.71. The summed E-state index contributed by atoms with van der Waals surface area (Å²) in [4.78, 5) is 37.0. The van der Waals surface area contributed by atoms with Gasteiger partial charge in [-0.2, -0.15) is 0 Å². The van der Waals surface area contributed by atoms with Crippen LogP contribution in [0.15, 0.2) is 52.5 Å². The molecule has 0 bridgehead atoms. The lowest BCUT2D eigenvalue weighted by Crippen LogP contribution is -2.44. The summed E-state index contributed by atoms with van der Waals surface area (Å²) in [6.45, 7) is 6.06. The van der Waals surface area contributed by atoms with Gasteiger partial charge >= 0.3 is 0 Å². The molecular formula is C21H22N4O3S. The van der Waals surface area contributed by atoms with Gasteiger partial charge in [0.05, 0.1) is 29.4 Å². The number of pyridine rings is 1. The molecule has 1 atom stereocenters. The van der Waals surface area contributed by atoms with Crippen molar-refractivity contribution in [2.75, 3.05) is 26.3 Å². The zero-order valence-corrected chi connectivity index (χ0v) is 17.2. The van der Waals surface area contributed by atoms with Crippen LogP contribution in [0, 0.1) is 6.92 Å². The number of hydrogen-bond acceptors (Lipinski definition) is 6. The van der Waals surface area contributed by atoms with Crippen molar-refractivity contribution in [3.63, 3.8) is 0 Å². The Morgan fingerprint density at radius 3 is 2.72 bits per heavy atom. The largest absolute Gasteiger partial charge is 0.378 e. The van der Waals surface area contributed by atoms with Crippen molar-refractivity contribution in [1.82, 2.24) is 19.4 Å². The number of carbonyl (C=O) groups excluding carboxylic acids is 1. The van der Waals surface area contributed by atoms with E-state index in [0.717, 1.165) is 5.56 Å². The molecule has 1 amide bonds. The SMILES string of the molecule is Cc1ccnc(-n2c(SC(C)C(=O)N3CCOCC3)nc3ccccc3c2=O)c1. The fourth-order valence-electron chi connectivity index (χ4n) is 3.29. The number of nitrogens with zero attached hydrogens (tertiary/aromatic N) is 4. The first-order valence-electron chi connectivity index (χ1n) is 9.52. The summed E-state index contributed by atoms with van der Waals surface area (Å²) < 4.78 is 6.84. The van der Waals surface area contributed by atoms with Crippen molar-refractivity contribution in [2.24, 2.45) is 0 Å². The minimum Gasteiger partial charge on any atom is -0.378 e. The third-order valence-corrected chi connectivity index (χ3v) is 5.87. The van der Waals surface area contributed by atoms with E-state index in [0.29, 0.717) is 48.2 Å². The van der Waals surface area contributed by atoms with Crippen LogP contribution in [0.1, 0.15) is 12.5 Å². The first kappa shape index (κ1) is 19.6. The molecule has 0 saturated carbocycles. The van der Waals surface area contributed by atoms with Crippen molar-refractivity contribution in [3.8, 4) is 5.82 Å². The molecule has 1 aromatic carbocycles. The number of hydrogen-bond donors (Lipinski definition) is 0. The second-order valence-electron chi connectivity index (χ2n) is 6.94. The van der Waals surface area contributed by atoms with E-state index in [1.54, 1.807) is 17.2 Å². The smallest absolute Gasteiger partial charge is 0.267 e. The van der Waals surface area contributed by atoms with Crippen molar-refractivity contribution in [2.45, 2.75) is 24.3 Å². The fraction of sp³-hybridized carbons (Fsp3) is 0.333. The molecule has 4 rings (SSSR count). The van der Waals surface area contributed by atoms with E-state index in [1.165, 1.54) is 16.3 Å². The molecule has 150 valence electrons. The maximum atomic E-state index is 13.3. The first-order chi connectivity index (χ1) is 14.0. The zero-order chi connectivity index (χ0) is 20.4. The Morgan fingerprint density at radius 2 is 1.97 bits per heavy atom. The standard InChI is InChI=1S/C21H22N4O3S/c1-14-7-8-22-18(13-14)25-20(27)16-5-3-4-6-17(16)23-21(25)29-15(2)19(26)24-9-11-28-12-10-24/h3-8,13,15H,9-12H2,1-2H3. The summed E-state index contributed by atoms with van der Waals surface area (Å²) in [5, 5.41) is 0.588. The van der Waals surface area contributed by atoms with Crippen molar-refractivity contribution in [3.05, 3.63) is 58.5 Å². The highest BCUT2D eigenvalue weighted by Gasteiger charge is 2.25. The van der Waals surface area contributed by atoms with Gasteiger partial charge in [0, 0.05) is 19.3 Å². The molecule has 0 N–H and O–H groups in total. The summed E-state index contributed by atoms with van der Waals surface area (Å²) in [5.41, 5.74) is 1.40. The Kier molecular flexibility index (Phi) is 5.64. The minimum atomic E-state index is -0.391. The predicted octanol–water partition coefficient (Wildman–Crippen LogP) is 2.43. The van der Waals surface area contributed by atoms with Gasteiger partial charge in [0.25, 0.3) is 5.56 Å². The van der Waals surface area contributed by atoms with Crippen molar-refractivity contribution in [1.29, 1.82) is 0 Å². The van der Waals surface area contributed by atoms with Crippen molar-refractivity contribution >= 4 is 28.6 Å². The number of aryl methyl sites for hydroxylation is 1. The number of ether oxygens (including phenoxy) is 1. The van der Waals surface area contributed by atoms with E-state index in [9.17, 15) is 9.59 Å². The second kappa shape index (κ2) is 8.34. The third-order valence-electron chi connectivity index (χ3n) is 4.83. The van der Waals surface area contributed by atoms with Crippen LogP contribution in [-0.4, -0.2) is 56.9 Å². The number of amides is 1. The highest BCUT2D eigenvalue weighted by molar-refractivity contribution is 8.00. The number of fused-ring (bicyclic) bond motifs is 1. The molecule has 1 saturated heterocycles. The summed E-state index contributed by atoms with van der Waals surface area (Å²) in [5.74, 6) is 0.520. The molecule has 3 aromatic rings. The van der Waals surface area contributed by atoms with E-state index in [4.69, 9.17) is 9.72 Å². The van der Waals surface area contributed by atoms with E-state index >= 15 is 0 Å². The van der Waals surface area contributed by atoms with E-state index in [1.807, 2.05) is 44.2 Å². The monoisotopic (exact) mass is 410 g/mol. The number of rotatable bonds is 4. The quantitative estimate of drug-likeness (QED) is 0.486. The Balaban J connectivity index is 1.77. The third kappa shape index (κ3) is 4.04. The number of thioether (sulfide) groups is 1. The Labute approximate surface area is 172 Å². The molecule has 0 aliphatic carbocycles. The first-order valence-corrected chi connectivity index (χ1v) is 10.4. The van der Waals surface area contributed by atoms with Crippen LogP contribution >= 0.6 is 11.8 Å². The molecule has 1 aliphatic heterocycles. The lowest BCUT2D eigenvalue weighted by Gasteiger charge is -2.29. The molecule has 1 fully saturated rings. The summed E-state index contributed by atoms with van der Waals surface area (Å²) in [6, 6.07) is 10.9. The number of morpholine rings is 1. The van der Waals surface area contributed by atoms with Gasteiger partial charge in [-0.1, -0.05) is 23.9 Å². The van der Waals surface area contributed by atoms with Gasteiger partial charge in [0.2, 0.25) is 5.91 Å². The summed E-state index contributed by atoms with van der Waals surface area (Å²) >= 11 is 1.28. The summed E-state index contributed by atoms with van der Waals surface area (Å²) in [7, 11) is 0. The fourth-order valence-corrected chi connectivity index (χ4v) is 4.28. The van der Waals surface area contributed by atoms with Gasteiger partial charge in [-0.05, 0) is 43.7 Å². The summed E-state index contributed by atoms with van der Waals surface area (Å²) in [6.07, 6.45) is 1.67. The van der Waals surface area contributed by atoms with Gasteiger partial charge in [-0.25, -0.2) is 14.5 Å². The Morgan fingerprint density at radius 1 is 1.21 bits per heavy atom. The maximum Gasteiger partial charge on any atom is 0.267 e. The van der Waals surface area contributed by atoms with Crippen LogP contribution in [0.4, 0.5) is 0 Å². The normalized spacial score (nSPS) is 15.4. The van der Waals surface area contributed by atoms with Crippen LogP contribution in [0.3, 0.4) is 0 Å². The second-order valence-corrected chi connectivity index (χ2v) is 8.25. The Bertz CT molecular complexity index is 1110. The highest BCUT2D eigenvalue weighted by Crippen LogP contribution is 2.26. The molecule has 7 nitrogen and oxygen atoms in total. The van der Waals surface area contributed by atoms with Crippen LogP contribution in [0.25, 0.3) is 16.7 Å².